The fraction of sp³-hybridized carbons (Fsp3) is 0.300. The van der Waals surface area contributed by atoms with Crippen LogP contribution >= 0.6 is 11.6 Å². The van der Waals surface area contributed by atoms with E-state index in [-0.39, 0.29) is 10.7 Å². The first-order valence-electron chi connectivity index (χ1n) is 4.91. The van der Waals surface area contributed by atoms with Gasteiger partial charge < -0.3 is 5.32 Å². The Hall–Kier alpha value is -1.33. The lowest BCUT2D eigenvalue weighted by Crippen LogP contribution is -2.36. The molecule has 0 aliphatic heterocycles. The summed E-state index contributed by atoms with van der Waals surface area (Å²) < 4.78 is 13.5. The number of benzene rings is 1. The van der Waals surface area contributed by atoms with Crippen molar-refractivity contribution in [2.45, 2.75) is 13.3 Å². The van der Waals surface area contributed by atoms with Gasteiger partial charge in [0.15, 0.2) is 5.82 Å². The van der Waals surface area contributed by atoms with Gasteiger partial charge in [0.05, 0.1) is 10.7 Å². The Morgan fingerprint density at radius 1 is 1.56 bits per heavy atom. The van der Waals surface area contributed by atoms with E-state index in [1.165, 1.54) is 6.07 Å². The third-order valence-corrected chi connectivity index (χ3v) is 2.13. The van der Waals surface area contributed by atoms with E-state index in [4.69, 9.17) is 17.4 Å². The second-order valence-corrected chi connectivity index (χ2v) is 3.51. The van der Waals surface area contributed by atoms with Gasteiger partial charge in [0.1, 0.15) is 0 Å². The van der Waals surface area contributed by atoms with Gasteiger partial charge >= 0.3 is 0 Å². The van der Waals surface area contributed by atoms with E-state index < -0.39 is 5.82 Å². The smallest absolute Gasteiger partial charge is 0.210 e. The van der Waals surface area contributed by atoms with Crippen LogP contribution in [0.4, 0.5) is 10.1 Å². The molecule has 0 heterocycles. The van der Waals surface area contributed by atoms with Crippen LogP contribution < -0.4 is 16.6 Å². The number of guanidine groups is 1. The van der Waals surface area contributed by atoms with Gasteiger partial charge in [-0.25, -0.2) is 10.2 Å². The Bertz CT molecular complexity index is 381. The summed E-state index contributed by atoms with van der Waals surface area (Å²) >= 11 is 5.64. The topological polar surface area (TPSA) is 62.4 Å². The third-order valence-electron chi connectivity index (χ3n) is 1.83. The molecule has 4 N–H and O–H groups in total. The first kappa shape index (κ1) is 12.7. The summed E-state index contributed by atoms with van der Waals surface area (Å²) in [7, 11) is 0. The van der Waals surface area contributed by atoms with Crippen molar-refractivity contribution in [3.05, 3.63) is 29.0 Å². The average Bonchev–Trinajstić information content (AvgIpc) is 2.30. The lowest BCUT2D eigenvalue weighted by atomic mass is 10.3. The standard InChI is InChI=1S/C10H14ClFN4/c1-2-6-14-10(16-13)15-8-5-3-4-7(11)9(8)12/h3-5H,2,6,13H2,1H3,(H2,14,15,16). The Kier molecular flexibility index (Phi) is 5.01. The Labute approximate surface area is 98.7 Å². The van der Waals surface area contributed by atoms with Gasteiger partial charge in [-0.1, -0.05) is 24.6 Å². The first-order valence-corrected chi connectivity index (χ1v) is 5.29. The van der Waals surface area contributed by atoms with Crippen LogP contribution in [0.2, 0.25) is 5.02 Å². The molecule has 0 spiro atoms. The Morgan fingerprint density at radius 3 is 2.94 bits per heavy atom. The molecule has 0 fully saturated rings. The van der Waals surface area contributed by atoms with Crippen molar-refractivity contribution in [3.63, 3.8) is 0 Å². The zero-order chi connectivity index (χ0) is 12.0. The lowest BCUT2D eigenvalue weighted by Gasteiger charge is -2.10. The minimum Gasteiger partial charge on any atom is -0.323 e. The molecule has 0 saturated carbocycles. The van der Waals surface area contributed by atoms with Crippen molar-refractivity contribution < 1.29 is 4.39 Å². The maximum Gasteiger partial charge on any atom is 0.210 e. The lowest BCUT2D eigenvalue weighted by molar-refractivity contribution is 0.632. The Balaban J connectivity index is 2.82. The predicted octanol–water partition coefficient (Wildman–Crippen LogP) is 2.12. The minimum atomic E-state index is -0.524. The average molecular weight is 245 g/mol. The molecule has 0 amide bonds. The number of hydrogen-bond acceptors (Lipinski definition) is 2. The molecule has 1 aromatic carbocycles. The summed E-state index contributed by atoms with van der Waals surface area (Å²) in [6, 6.07) is 4.67. The number of halogens is 2. The van der Waals surface area contributed by atoms with Crippen LogP contribution in [0, 0.1) is 5.82 Å². The van der Waals surface area contributed by atoms with E-state index in [1.807, 2.05) is 6.92 Å². The zero-order valence-electron chi connectivity index (χ0n) is 8.93. The zero-order valence-corrected chi connectivity index (χ0v) is 9.68. The van der Waals surface area contributed by atoms with Crippen LogP contribution in [0.1, 0.15) is 13.3 Å². The molecule has 6 heteroatoms. The maximum atomic E-state index is 13.5. The highest BCUT2D eigenvalue weighted by Crippen LogP contribution is 2.21. The molecule has 4 nitrogen and oxygen atoms in total. The summed E-state index contributed by atoms with van der Waals surface area (Å²) in [5.41, 5.74) is 2.60. The SMILES string of the molecule is CCCN=C(NN)Nc1cccc(Cl)c1F. The van der Waals surface area contributed by atoms with Crippen molar-refractivity contribution in [1.82, 2.24) is 5.43 Å². The van der Waals surface area contributed by atoms with Crippen molar-refractivity contribution in [2.75, 3.05) is 11.9 Å². The van der Waals surface area contributed by atoms with E-state index >= 15 is 0 Å². The van der Waals surface area contributed by atoms with Crippen molar-refractivity contribution in [1.29, 1.82) is 0 Å². The Morgan fingerprint density at radius 2 is 2.31 bits per heavy atom. The number of aliphatic imine (C=N–C) groups is 1. The van der Waals surface area contributed by atoms with E-state index in [2.05, 4.69) is 15.7 Å². The second-order valence-electron chi connectivity index (χ2n) is 3.10. The predicted molar refractivity (Wildman–Crippen MR) is 64.9 cm³/mol. The molecule has 0 atom stereocenters. The second kappa shape index (κ2) is 6.30. The highest BCUT2D eigenvalue weighted by atomic mass is 35.5. The highest BCUT2D eigenvalue weighted by molar-refractivity contribution is 6.31. The molecule has 16 heavy (non-hydrogen) atoms. The summed E-state index contributed by atoms with van der Waals surface area (Å²) in [5, 5.41) is 2.78. The monoisotopic (exact) mass is 244 g/mol. The normalized spacial score (nSPS) is 11.4. The number of nitrogens with zero attached hydrogens (tertiary/aromatic N) is 1. The molecular weight excluding hydrogens is 231 g/mol. The van der Waals surface area contributed by atoms with E-state index in [9.17, 15) is 4.39 Å². The summed E-state index contributed by atoms with van der Waals surface area (Å²) in [5.74, 6) is 5.03. The van der Waals surface area contributed by atoms with Crippen LogP contribution in [0.5, 0.6) is 0 Å². The number of rotatable bonds is 3. The minimum absolute atomic E-state index is 0.0527. The summed E-state index contributed by atoms with van der Waals surface area (Å²) in [6.45, 7) is 2.59. The maximum absolute atomic E-state index is 13.5. The molecule has 0 unspecified atom stereocenters. The fourth-order valence-electron chi connectivity index (χ4n) is 1.07. The van der Waals surface area contributed by atoms with Crippen LogP contribution in [0.15, 0.2) is 23.2 Å². The molecule has 0 radical (unpaired) electrons. The largest absolute Gasteiger partial charge is 0.323 e. The molecule has 0 aromatic heterocycles. The van der Waals surface area contributed by atoms with Gasteiger partial charge in [-0.2, -0.15) is 0 Å². The van der Waals surface area contributed by atoms with Gasteiger partial charge in [-0.15, -0.1) is 0 Å². The van der Waals surface area contributed by atoms with E-state index in [0.717, 1.165) is 6.42 Å². The molecule has 0 aliphatic rings. The number of nitrogens with one attached hydrogen (secondary N) is 2. The highest BCUT2D eigenvalue weighted by Gasteiger charge is 2.07. The fourth-order valence-corrected chi connectivity index (χ4v) is 1.25. The van der Waals surface area contributed by atoms with Gasteiger partial charge in [-0.05, 0) is 18.6 Å². The van der Waals surface area contributed by atoms with Gasteiger partial charge in [-0.3, -0.25) is 10.4 Å². The van der Waals surface area contributed by atoms with Crippen LogP contribution in [-0.4, -0.2) is 12.5 Å². The van der Waals surface area contributed by atoms with Crippen LogP contribution in [0.25, 0.3) is 0 Å². The number of hydrogen-bond donors (Lipinski definition) is 3. The number of nitrogens with two attached hydrogens (primary N) is 1. The first-order chi connectivity index (χ1) is 7.69. The van der Waals surface area contributed by atoms with E-state index in [1.54, 1.807) is 12.1 Å². The third kappa shape index (κ3) is 3.36. The van der Waals surface area contributed by atoms with Gasteiger partial charge in [0.25, 0.3) is 0 Å². The quantitative estimate of drug-likeness (QED) is 0.330. The summed E-state index contributed by atoms with van der Waals surface area (Å²) in [6.07, 6.45) is 0.880. The van der Waals surface area contributed by atoms with Crippen molar-refractivity contribution in [2.24, 2.45) is 10.8 Å². The molecule has 0 bridgehead atoms. The molecule has 1 rings (SSSR count). The molecular formula is C10H14ClFN4. The van der Waals surface area contributed by atoms with Gasteiger partial charge in [0.2, 0.25) is 5.96 Å². The van der Waals surface area contributed by atoms with Crippen LogP contribution in [0.3, 0.4) is 0 Å². The van der Waals surface area contributed by atoms with E-state index in [0.29, 0.717) is 12.5 Å². The molecule has 88 valence electrons. The molecule has 1 aromatic rings. The van der Waals surface area contributed by atoms with Crippen molar-refractivity contribution in [3.8, 4) is 0 Å². The number of hydrazine groups is 1. The number of anilines is 1. The van der Waals surface area contributed by atoms with Crippen molar-refractivity contribution >= 4 is 23.2 Å². The molecule has 0 saturated heterocycles. The van der Waals surface area contributed by atoms with Crippen LogP contribution in [-0.2, 0) is 0 Å². The van der Waals surface area contributed by atoms with Gasteiger partial charge in [0, 0.05) is 6.54 Å². The molecule has 0 aliphatic carbocycles. The summed E-state index contributed by atoms with van der Waals surface area (Å²) in [4.78, 5) is 4.09.